The molecule has 2 nitrogen and oxygen atoms in total. The highest BCUT2D eigenvalue weighted by molar-refractivity contribution is 5.38. The molecular formula is C8H7FN2. The van der Waals surface area contributed by atoms with Gasteiger partial charge in [-0.15, -0.1) is 0 Å². The van der Waals surface area contributed by atoms with Gasteiger partial charge in [0.05, 0.1) is 5.56 Å². The normalized spacial score (nSPS) is 9.18. The number of hydrogen-bond acceptors (Lipinski definition) is 2. The standard InChI is InChI=1S/C8H7FN2/c9-8-3-1-2-6(4-10)7(8)5-11/h1-3H,4,10H2. The second kappa shape index (κ2) is 3.13. The molecule has 1 aromatic carbocycles. The molecule has 0 bridgehead atoms. The van der Waals surface area contributed by atoms with Crippen LogP contribution in [0, 0.1) is 17.1 Å². The van der Waals surface area contributed by atoms with Gasteiger partial charge in [-0.1, -0.05) is 12.1 Å². The first-order valence-electron chi connectivity index (χ1n) is 3.17. The van der Waals surface area contributed by atoms with E-state index in [4.69, 9.17) is 11.0 Å². The molecule has 0 aliphatic rings. The third kappa shape index (κ3) is 1.36. The number of nitrogens with two attached hydrogens (primary N) is 1. The first-order chi connectivity index (χ1) is 5.29. The van der Waals surface area contributed by atoms with Crippen molar-refractivity contribution in [3.05, 3.63) is 35.1 Å². The van der Waals surface area contributed by atoms with Gasteiger partial charge in [-0.05, 0) is 11.6 Å². The number of nitriles is 1. The van der Waals surface area contributed by atoms with Crippen molar-refractivity contribution in [2.75, 3.05) is 0 Å². The number of benzene rings is 1. The van der Waals surface area contributed by atoms with Crippen LogP contribution in [0.2, 0.25) is 0 Å². The highest BCUT2D eigenvalue weighted by Gasteiger charge is 2.04. The van der Waals surface area contributed by atoms with Crippen LogP contribution in [0.15, 0.2) is 18.2 Å². The van der Waals surface area contributed by atoms with Gasteiger partial charge < -0.3 is 5.73 Å². The summed E-state index contributed by atoms with van der Waals surface area (Å²) in [6.07, 6.45) is 0. The monoisotopic (exact) mass is 150 g/mol. The van der Waals surface area contributed by atoms with Crippen LogP contribution in [0.5, 0.6) is 0 Å². The van der Waals surface area contributed by atoms with Crippen molar-refractivity contribution in [1.82, 2.24) is 0 Å². The van der Waals surface area contributed by atoms with E-state index in [-0.39, 0.29) is 12.1 Å². The molecule has 3 heteroatoms. The van der Waals surface area contributed by atoms with Crippen LogP contribution >= 0.6 is 0 Å². The zero-order valence-electron chi connectivity index (χ0n) is 5.84. The fourth-order valence-corrected chi connectivity index (χ4v) is 0.864. The second-order valence-electron chi connectivity index (χ2n) is 2.09. The van der Waals surface area contributed by atoms with Crippen LogP contribution in [0.4, 0.5) is 4.39 Å². The van der Waals surface area contributed by atoms with E-state index in [1.165, 1.54) is 6.07 Å². The molecule has 0 heterocycles. The lowest BCUT2D eigenvalue weighted by molar-refractivity contribution is 0.621. The summed E-state index contributed by atoms with van der Waals surface area (Å²) in [4.78, 5) is 0. The van der Waals surface area contributed by atoms with Crippen molar-refractivity contribution >= 4 is 0 Å². The number of rotatable bonds is 1. The molecule has 0 atom stereocenters. The van der Waals surface area contributed by atoms with Crippen molar-refractivity contribution in [2.45, 2.75) is 6.54 Å². The van der Waals surface area contributed by atoms with Gasteiger partial charge in [0.15, 0.2) is 0 Å². The maximum atomic E-state index is 12.8. The number of nitrogens with zero attached hydrogens (tertiary/aromatic N) is 1. The zero-order chi connectivity index (χ0) is 8.27. The summed E-state index contributed by atoms with van der Waals surface area (Å²) in [5.41, 5.74) is 5.88. The Morgan fingerprint density at radius 2 is 2.27 bits per heavy atom. The van der Waals surface area contributed by atoms with Gasteiger partial charge in [-0.2, -0.15) is 5.26 Å². The van der Waals surface area contributed by atoms with E-state index in [1.807, 2.05) is 0 Å². The largest absolute Gasteiger partial charge is 0.326 e. The molecule has 1 rings (SSSR count). The Morgan fingerprint density at radius 1 is 1.55 bits per heavy atom. The van der Waals surface area contributed by atoms with Gasteiger partial charge in [0.25, 0.3) is 0 Å². The molecular weight excluding hydrogens is 143 g/mol. The van der Waals surface area contributed by atoms with Gasteiger partial charge in [-0.25, -0.2) is 4.39 Å². The summed E-state index contributed by atoms with van der Waals surface area (Å²) in [5.74, 6) is -0.504. The highest BCUT2D eigenvalue weighted by atomic mass is 19.1. The zero-order valence-corrected chi connectivity index (χ0v) is 5.84. The van der Waals surface area contributed by atoms with Crippen molar-refractivity contribution in [1.29, 1.82) is 5.26 Å². The molecule has 56 valence electrons. The summed E-state index contributed by atoms with van der Waals surface area (Å²) >= 11 is 0. The fourth-order valence-electron chi connectivity index (χ4n) is 0.864. The minimum atomic E-state index is -0.504. The summed E-state index contributed by atoms with van der Waals surface area (Å²) in [7, 11) is 0. The first-order valence-corrected chi connectivity index (χ1v) is 3.17. The van der Waals surface area contributed by atoms with Crippen LogP contribution in [0.3, 0.4) is 0 Å². The van der Waals surface area contributed by atoms with E-state index < -0.39 is 5.82 Å². The molecule has 1 aromatic rings. The lowest BCUT2D eigenvalue weighted by atomic mass is 10.1. The summed E-state index contributed by atoms with van der Waals surface area (Å²) in [6, 6.07) is 6.19. The molecule has 0 aliphatic carbocycles. The van der Waals surface area contributed by atoms with Crippen molar-refractivity contribution in [2.24, 2.45) is 5.73 Å². The lowest BCUT2D eigenvalue weighted by Crippen LogP contribution is -2.00. The first kappa shape index (κ1) is 7.70. The maximum Gasteiger partial charge on any atom is 0.141 e. The van der Waals surface area contributed by atoms with Crippen LogP contribution in [0.25, 0.3) is 0 Å². The molecule has 0 aliphatic heterocycles. The predicted octanol–water partition coefficient (Wildman–Crippen LogP) is 1.16. The second-order valence-corrected chi connectivity index (χ2v) is 2.09. The van der Waals surface area contributed by atoms with Gasteiger partial charge in [0, 0.05) is 6.54 Å². The highest BCUT2D eigenvalue weighted by Crippen LogP contribution is 2.10. The minimum Gasteiger partial charge on any atom is -0.326 e. The van der Waals surface area contributed by atoms with Crippen molar-refractivity contribution in [3.63, 3.8) is 0 Å². The molecule has 0 saturated heterocycles. The van der Waals surface area contributed by atoms with E-state index in [0.717, 1.165) is 0 Å². The Kier molecular flexibility index (Phi) is 2.19. The van der Waals surface area contributed by atoms with Gasteiger partial charge in [-0.3, -0.25) is 0 Å². The Bertz CT molecular complexity index is 301. The third-order valence-electron chi connectivity index (χ3n) is 1.43. The van der Waals surface area contributed by atoms with Crippen LogP contribution in [-0.4, -0.2) is 0 Å². The van der Waals surface area contributed by atoms with Gasteiger partial charge in [0.1, 0.15) is 11.9 Å². The van der Waals surface area contributed by atoms with Crippen molar-refractivity contribution in [3.8, 4) is 6.07 Å². The smallest absolute Gasteiger partial charge is 0.141 e. The fraction of sp³-hybridized carbons (Fsp3) is 0.125. The SMILES string of the molecule is N#Cc1c(F)cccc1CN. The molecule has 0 spiro atoms. The molecule has 2 N–H and O–H groups in total. The Balaban J connectivity index is 3.27. The molecule has 0 fully saturated rings. The van der Waals surface area contributed by atoms with E-state index in [9.17, 15) is 4.39 Å². The molecule has 0 radical (unpaired) electrons. The molecule has 0 saturated carbocycles. The molecule has 0 unspecified atom stereocenters. The Morgan fingerprint density at radius 3 is 2.73 bits per heavy atom. The van der Waals surface area contributed by atoms with Crippen LogP contribution < -0.4 is 5.73 Å². The minimum absolute atomic E-state index is 0.0509. The quantitative estimate of drug-likeness (QED) is 0.653. The Hall–Kier alpha value is -1.40. The third-order valence-corrected chi connectivity index (χ3v) is 1.43. The lowest BCUT2D eigenvalue weighted by Gasteiger charge is -1.99. The summed E-state index contributed by atoms with van der Waals surface area (Å²) < 4.78 is 12.8. The van der Waals surface area contributed by atoms with Crippen LogP contribution in [-0.2, 0) is 6.54 Å². The average Bonchev–Trinajstić information content (AvgIpc) is 2.04. The number of halogens is 1. The summed E-state index contributed by atoms with van der Waals surface area (Å²) in [5, 5.41) is 8.48. The molecule has 11 heavy (non-hydrogen) atoms. The van der Waals surface area contributed by atoms with Gasteiger partial charge in [0.2, 0.25) is 0 Å². The van der Waals surface area contributed by atoms with Gasteiger partial charge >= 0.3 is 0 Å². The van der Waals surface area contributed by atoms with Crippen LogP contribution in [0.1, 0.15) is 11.1 Å². The van der Waals surface area contributed by atoms with E-state index in [0.29, 0.717) is 5.56 Å². The Labute approximate surface area is 64.1 Å². The van der Waals surface area contributed by atoms with Crippen molar-refractivity contribution < 1.29 is 4.39 Å². The topological polar surface area (TPSA) is 49.8 Å². The number of hydrogen-bond donors (Lipinski definition) is 1. The van der Waals surface area contributed by atoms with E-state index in [2.05, 4.69) is 0 Å². The summed E-state index contributed by atoms with van der Waals surface area (Å²) in [6.45, 7) is 0.195. The molecule has 0 amide bonds. The van der Waals surface area contributed by atoms with E-state index >= 15 is 0 Å². The predicted molar refractivity (Wildman–Crippen MR) is 39.0 cm³/mol. The maximum absolute atomic E-state index is 12.8. The molecule has 0 aromatic heterocycles. The average molecular weight is 150 g/mol. The van der Waals surface area contributed by atoms with E-state index in [1.54, 1.807) is 18.2 Å².